The Labute approximate surface area is 117 Å². The maximum Gasteiger partial charge on any atom is 0.328 e. The summed E-state index contributed by atoms with van der Waals surface area (Å²) in [6.07, 6.45) is -0.984. The zero-order valence-electron chi connectivity index (χ0n) is 11.6. The molecular formula is C14H20N2O4. The molecule has 110 valence electrons. The molecule has 20 heavy (non-hydrogen) atoms. The van der Waals surface area contributed by atoms with Crippen LogP contribution in [0.25, 0.3) is 0 Å². The van der Waals surface area contributed by atoms with Crippen LogP contribution in [-0.2, 0) is 20.9 Å². The van der Waals surface area contributed by atoms with Crippen LogP contribution in [0.3, 0.4) is 0 Å². The number of aliphatic hydroxyl groups excluding tert-OH is 1. The van der Waals surface area contributed by atoms with Gasteiger partial charge in [-0.05, 0) is 19.4 Å². The molecule has 0 heterocycles. The van der Waals surface area contributed by atoms with Gasteiger partial charge in [-0.2, -0.15) is 0 Å². The van der Waals surface area contributed by atoms with E-state index in [0.717, 1.165) is 5.56 Å². The highest BCUT2D eigenvalue weighted by atomic mass is 16.5. The second-order valence-corrected chi connectivity index (χ2v) is 4.59. The van der Waals surface area contributed by atoms with E-state index in [4.69, 9.17) is 10.5 Å². The van der Waals surface area contributed by atoms with E-state index in [1.54, 1.807) is 0 Å². The number of hydrogen-bond acceptors (Lipinski definition) is 5. The van der Waals surface area contributed by atoms with Crippen LogP contribution in [-0.4, -0.2) is 35.2 Å². The van der Waals surface area contributed by atoms with Crippen molar-refractivity contribution in [3.63, 3.8) is 0 Å². The third-order valence-corrected chi connectivity index (χ3v) is 2.76. The fourth-order valence-electron chi connectivity index (χ4n) is 1.44. The van der Waals surface area contributed by atoms with Gasteiger partial charge >= 0.3 is 5.97 Å². The zero-order chi connectivity index (χ0) is 15.1. The van der Waals surface area contributed by atoms with Gasteiger partial charge in [-0.1, -0.05) is 30.3 Å². The number of aliphatic hydroxyl groups is 1. The summed E-state index contributed by atoms with van der Waals surface area (Å²) >= 11 is 0. The third-order valence-electron chi connectivity index (χ3n) is 2.76. The lowest BCUT2D eigenvalue weighted by Crippen LogP contribution is -2.51. The quantitative estimate of drug-likeness (QED) is 0.634. The van der Waals surface area contributed by atoms with Crippen LogP contribution in [0.5, 0.6) is 0 Å². The summed E-state index contributed by atoms with van der Waals surface area (Å²) in [6.45, 7) is 3.05. The van der Waals surface area contributed by atoms with Gasteiger partial charge in [0.05, 0.1) is 6.10 Å². The second kappa shape index (κ2) is 7.62. The van der Waals surface area contributed by atoms with Crippen molar-refractivity contribution in [1.29, 1.82) is 0 Å². The largest absolute Gasteiger partial charge is 0.459 e. The van der Waals surface area contributed by atoms with E-state index in [9.17, 15) is 14.7 Å². The summed E-state index contributed by atoms with van der Waals surface area (Å²) in [6, 6.07) is 7.33. The van der Waals surface area contributed by atoms with E-state index in [1.807, 2.05) is 30.3 Å². The monoisotopic (exact) mass is 280 g/mol. The van der Waals surface area contributed by atoms with Crippen molar-refractivity contribution in [3.05, 3.63) is 35.9 Å². The predicted molar refractivity (Wildman–Crippen MR) is 73.5 cm³/mol. The van der Waals surface area contributed by atoms with Crippen LogP contribution in [0.4, 0.5) is 0 Å². The number of benzene rings is 1. The average Bonchev–Trinajstić information content (AvgIpc) is 2.44. The highest BCUT2D eigenvalue weighted by Gasteiger charge is 2.23. The molecule has 4 N–H and O–H groups in total. The van der Waals surface area contributed by atoms with Gasteiger partial charge in [-0.3, -0.25) is 4.79 Å². The highest BCUT2D eigenvalue weighted by Crippen LogP contribution is 2.02. The summed E-state index contributed by atoms with van der Waals surface area (Å²) in [5.74, 6) is -1.15. The topological polar surface area (TPSA) is 102 Å². The van der Waals surface area contributed by atoms with Crippen molar-refractivity contribution < 1.29 is 19.4 Å². The lowest BCUT2D eigenvalue weighted by Gasteiger charge is -2.18. The summed E-state index contributed by atoms with van der Waals surface area (Å²) in [5.41, 5.74) is 6.32. The Balaban J connectivity index is 2.41. The van der Waals surface area contributed by atoms with Crippen LogP contribution in [0.1, 0.15) is 19.4 Å². The van der Waals surface area contributed by atoms with Crippen LogP contribution in [0.15, 0.2) is 30.3 Å². The minimum atomic E-state index is -1.07. The number of ether oxygens (including phenoxy) is 1. The number of esters is 1. The van der Waals surface area contributed by atoms with E-state index < -0.39 is 30.1 Å². The van der Waals surface area contributed by atoms with Crippen molar-refractivity contribution in [3.8, 4) is 0 Å². The number of nitrogens with two attached hydrogens (primary N) is 1. The Morgan fingerprint density at radius 2 is 1.90 bits per heavy atom. The molecule has 0 radical (unpaired) electrons. The first kappa shape index (κ1) is 16.1. The Morgan fingerprint density at radius 3 is 2.45 bits per heavy atom. The van der Waals surface area contributed by atoms with E-state index in [-0.39, 0.29) is 6.61 Å². The Kier molecular flexibility index (Phi) is 6.14. The number of hydrogen-bond donors (Lipinski definition) is 3. The summed E-state index contributed by atoms with van der Waals surface area (Å²) < 4.78 is 5.07. The summed E-state index contributed by atoms with van der Waals surface area (Å²) in [5, 5.41) is 11.6. The fraction of sp³-hybridized carbons (Fsp3) is 0.429. The number of rotatable bonds is 6. The van der Waals surface area contributed by atoms with E-state index in [1.165, 1.54) is 13.8 Å². The first-order valence-corrected chi connectivity index (χ1v) is 6.36. The molecule has 0 bridgehead atoms. The van der Waals surface area contributed by atoms with Crippen LogP contribution < -0.4 is 11.1 Å². The van der Waals surface area contributed by atoms with Gasteiger partial charge in [0.2, 0.25) is 5.91 Å². The van der Waals surface area contributed by atoms with Gasteiger partial charge < -0.3 is 20.9 Å². The van der Waals surface area contributed by atoms with Gasteiger partial charge in [-0.15, -0.1) is 0 Å². The van der Waals surface area contributed by atoms with Crippen molar-refractivity contribution in [2.24, 2.45) is 5.73 Å². The minimum absolute atomic E-state index is 0.141. The SMILES string of the molecule is C[C@H](NC(=O)[C@@H](N)[C@@H](C)O)C(=O)OCc1ccccc1. The van der Waals surface area contributed by atoms with Gasteiger partial charge in [0.15, 0.2) is 0 Å². The van der Waals surface area contributed by atoms with E-state index in [0.29, 0.717) is 0 Å². The molecule has 0 aromatic heterocycles. The molecule has 3 atom stereocenters. The molecule has 0 aliphatic carbocycles. The van der Waals surface area contributed by atoms with E-state index in [2.05, 4.69) is 5.32 Å². The molecule has 1 amide bonds. The molecule has 0 aliphatic heterocycles. The smallest absolute Gasteiger partial charge is 0.328 e. The van der Waals surface area contributed by atoms with Crippen molar-refractivity contribution in [2.75, 3.05) is 0 Å². The first-order chi connectivity index (χ1) is 9.41. The Hall–Kier alpha value is -1.92. The zero-order valence-corrected chi connectivity index (χ0v) is 11.6. The van der Waals surface area contributed by atoms with Gasteiger partial charge in [0.1, 0.15) is 18.7 Å². The molecule has 0 fully saturated rings. The third kappa shape index (κ3) is 4.99. The molecule has 0 aliphatic rings. The molecule has 6 heteroatoms. The number of carbonyl (C=O) groups excluding carboxylic acids is 2. The number of carbonyl (C=O) groups is 2. The summed E-state index contributed by atoms with van der Waals surface area (Å²) in [4.78, 5) is 23.3. The molecule has 0 saturated heterocycles. The standard InChI is InChI=1S/C14H20N2O4/c1-9(16-13(18)12(15)10(2)17)14(19)20-8-11-6-4-3-5-7-11/h3-7,9-10,12,17H,8,15H2,1-2H3,(H,16,18)/t9-,10+,12-/m0/s1. The van der Waals surface area contributed by atoms with Crippen LogP contribution in [0, 0.1) is 0 Å². The normalized spacial score (nSPS) is 15.0. The molecule has 1 rings (SSSR count). The van der Waals surface area contributed by atoms with E-state index >= 15 is 0 Å². The lowest BCUT2D eigenvalue weighted by atomic mass is 10.1. The first-order valence-electron chi connectivity index (χ1n) is 6.36. The molecule has 1 aromatic rings. The average molecular weight is 280 g/mol. The Morgan fingerprint density at radius 1 is 1.30 bits per heavy atom. The van der Waals surface area contributed by atoms with Gasteiger partial charge in [0, 0.05) is 0 Å². The fourth-order valence-corrected chi connectivity index (χ4v) is 1.44. The molecule has 0 saturated carbocycles. The highest BCUT2D eigenvalue weighted by molar-refractivity contribution is 5.87. The Bertz CT molecular complexity index is 448. The van der Waals surface area contributed by atoms with Crippen molar-refractivity contribution in [1.82, 2.24) is 5.32 Å². The van der Waals surface area contributed by atoms with Crippen molar-refractivity contribution >= 4 is 11.9 Å². The maximum absolute atomic E-state index is 11.7. The second-order valence-electron chi connectivity index (χ2n) is 4.59. The van der Waals surface area contributed by atoms with Crippen LogP contribution >= 0.6 is 0 Å². The van der Waals surface area contributed by atoms with Crippen molar-refractivity contribution in [2.45, 2.75) is 38.6 Å². The minimum Gasteiger partial charge on any atom is -0.459 e. The van der Waals surface area contributed by atoms with Gasteiger partial charge in [-0.25, -0.2) is 4.79 Å². The molecular weight excluding hydrogens is 260 g/mol. The van der Waals surface area contributed by atoms with Crippen LogP contribution in [0.2, 0.25) is 0 Å². The molecule has 1 aromatic carbocycles. The number of nitrogens with one attached hydrogen (secondary N) is 1. The van der Waals surface area contributed by atoms with Gasteiger partial charge in [0.25, 0.3) is 0 Å². The molecule has 6 nitrogen and oxygen atoms in total. The number of amides is 1. The lowest BCUT2D eigenvalue weighted by molar-refractivity contribution is -0.149. The molecule has 0 spiro atoms. The molecule has 0 unspecified atom stereocenters. The summed E-state index contributed by atoms with van der Waals surface area (Å²) in [7, 11) is 0. The maximum atomic E-state index is 11.7. The predicted octanol–water partition coefficient (Wildman–Crippen LogP) is -0.0574.